The summed E-state index contributed by atoms with van der Waals surface area (Å²) in [5, 5.41) is 0. The van der Waals surface area contributed by atoms with E-state index in [0.717, 1.165) is 48.7 Å². The molecule has 0 fully saturated rings. The molecule has 4 rings (SSSR count). The van der Waals surface area contributed by atoms with Crippen molar-refractivity contribution in [2.75, 3.05) is 0 Å². The number of allylic oxidation sites excluding steroid dienone is 4. The van der Waals surface area contributed by atoms with Crippen LogP contribution in [0.4, 0.5) is 0 Å². The van der Waals surface area contributed by atoms with Crippen LogP contribution in [0.15, 0.2) is 17.7 Å². The first-order valence-corrected chi connectivity index (χ1v) is 10.2. The molecule has 2 atom stereocenters. The molecule has 2 N–H and O–H groups in total. The van der Waals surface area contributed by atoms with Gasteiger partial charge in [0.15, 0.2) is 12.6 Å². The Balaban J connectivity index is 1.72. The third-order valence-corrected chi connectivity index (χ3v) is 6.96. The number of carbonyl (C=O) groups excluding carboxylic acids is 2. The fraction of sp³-hybridized carbons (Fsp3) is 0.417. The van der Waals surface area contributed by atoms with Crippen LogP contribution in [0.25, 0.3) is 5.57 Å². The van der Waals surface area contributed by atoms with E-state index in [9.17, 15) is 9.59 Å². The van der Waals surface area contributed by atoms with E-state index < -0.39 is 0 Å². The number of fused-ring (bicyclic) bond motifs is 1. The molecule has 0 spiro atoms. The van der Waals surface area contributed by atoms with Crippen LogP contribution in [-0.2, 0) is 0 Å². The molecule has 0 saturated heterocycles. The summed E-state index contributed by atoms with van der Waals surface area (Å²) in [7, 11) is 0. The second-order valence-electron chi connectivity index (χ2n) is 8.36. The molecule has 2 aliphatic carbocycles. The summed E-state index contributed by atoms with van der Waals surface area (Å²) >= 11 is 0. The minimum absolute atomic E-state index is 0.325. The minimum atomic E-state index is 0.325. The fourth-order valence-electron chi connectivity index (χ4n) is 4.88. The molecule has 2 aliphatic rings. The number of hydrogen-bond donors (Lipinski definition) is 2. The van der Waals surface area contributed by atoms with Gasteiger partial charge in [-0.15, -0.1) is 0 Å². The third-order valence-electron chi connectivity index (χ3n) is 6.96. The molecular formula is C24H28N2O2. The van der Waals surface area contributed by atoms with Crippen molar-refractivity contribution in [1.29, 1.82) is 0 Å². The van der Waals surface area contributed by atoms with Crippen molar-refractivity contribution in [3.8, 4) is 0 Å². The van der Waals surface area contributed by atoms with Gasteiger partial charge in [-0.3, -0.25) is 9.59 Å². The van der Waals surface area contributed by atoms with Gasteiger partial charge in [0.2, 0.25) is 0 Å². The fourth-order valence-corrected chi connectivity index (χ4v) is 4.88. The van der Waals surface area contributed by atoms with E-state index in [1.165, 1.54) is 34.4 Å². The highest BCUT2D eigenvalue weighted by atomic mass is 16.1. The lowest BCUT2D eigenvalue weighted by molar-refractivity contribution is 0.111. The minimum Gasteiger partial charge on any atom is -0.355 e. The Morgan fingerprint density at radius 2 is 1.54 bits per heavy atom. The lowest BCUT2D eigenvalue weighted by Gasteiger charge is -2.31. The lowest BCUT2D eigenvalue weighted by atomic mass is 9.74. The molecule has 0 aliphatic heterocycles. The van der Waals surface area contributed by atoms with Gasteiger partial charge in [-0.1, -0.05) is 12.2 Å². The van der Waals surface area contributed by atoms with Crippen LogP contribution >= 0.6 is 0 Å². The zero-order valence-corrected chi connectivity index (χ0v) is 17.1. The van der Waals surface area contributed by atoms with Gasteiger partial charge in [0.1, 0.15) is 0 Å². The molecule has 146 valence electrons. The predicted molar refractivity (Wildman–Crippen MR) is 112 cm³/mol. The number of H-pyrrole nitrogens is 2. The molecule has 2 unspecified atom stereocenters. The summed E-state index contributed by atoms with van der Waals surface area (Å²) in [6, 6.07) is 0. The van der Waals surface area contributed by atoms with Crippen molar-refractivity contribution in [1.82, 2.24) is 9.97 Å². The van der Waals surface area contributed by atoms with Gasteiger partial charge in [0, 0.05) is 17.3 Å². The SMILES string of the molecule is Cc1c(C=O)[nH]c(C2=CC3=CC(c4[nH]c(C=O)c(C)c4C)CCC3CC2)c1C. The molecule has 4 nitrogen and oxygen atoms in total. The van der Waals surface area contributed by atoms with E-state index in [0.29, 0.717) is 23.2 Å². The first-order valence-electron chi connectivity index (χ1n) is 10.2. The van der Waals surface area contributed by atoms with E-state index in [4.69, 9.17) is 0 Å². The van der Waals surface area contributed by atoms with Crippen molar-refractivity contribution in [2.45, 2.75) is 59.3 Å². The molecule has 0 amide bonds. The van der Waals surface area contributed by atoms with Crippen molar-refractivity contribution in [3.05, 3.63) is 62.8 Å². The molecule has 2 aromatic rings. The monoisotopic (exact) mass is 376 g/mol. The Hall–Kier alpha value is -2.62. The van der Waals surface area contributed by atoms with Crippen LogP contribution in [0, 0.1) is 33.6 Å². The Bertz CT molecular complexity index is 1020. The van der Waals surface area contributed by atoms with Gasteiger partial charge in [-0.25, -0.2) is 0 Å². The number of carbonyl (C=O) groups is 2. The first-order chi connectivity index (χ1) is 13.4. The van der Waals surface area contributed by atoms with Crippen LogP contribution in [0.2, 0.25) is 0 Å². The van der Waals surface area contributed by atoms with Gasteiger partial charge < -0.3 is 9.97 Å². The summed E-state index contributed by atoms with van der Waals surface area (Å²) in [5.41, 5.74) is 10.8. The van der Waals surface area contributed by atoms with Crippen LogP contribution in [-0.4, -0.2) is 22.5 Å². The first kappa shape index (κ1) is 18.7. The maximum atomic E-state index is 11.3. The third kappa shape index (κ3) is 2.92. The van der Waals surface area contributed by atoms with E-state index in [1.54, 1.807) is 0 Å². The maximum Gasteiger partial charge on any atom is 0.166 e. The van der Waals surface area contributed by atoms with Crippen LogP contribution in [0.5, 0.6) is 0 Å². The molecular weight excluding hydrogens is 348 g/mol. The van der Waals surface area contributed by atoms with Gasteiger partial charge >= 0.3 is 0 Å². The second kappa shape index (κ2) is 7.08. The standard InChI is InChI=1S/C24H28N2O2/c1-13-15(3)23(25-21(13)11-27)18-7-5-17-6-8-19(10-20(17)9-18)24-16(4)14(2)22(12-28)26-24/h9-12,17-18,25-26H,5-8H2,1-4H3. The van der Waals surface area contributed by atoms with E-state index in [2.05, 4.69) is 36.0 Å². The molecule has 0 saturated carbocycles. The van der Waals surface area contributed by atoms with Crippen LogP contribution in [0.3, 0.4) is 0 Å². The number of hydrogen-bond acceptors (Lipinski definition) is 2. The molecule has 0 bridgehead atoms. The second-order valence-corrected chi connectivity index (χ2v) is 8.36. The summed E-state index contributed by atoms with van der Waals surface area (Å²) in [6.07, 6.45) is 11.1. The number of rotatable bonds is 4. The van der Waals surface area contributed by atoms with Crippen molar-refractivity contribution < 1.29 is 9.59 Å². The van der Waals surface area contributed by atoms with Gasteiger partial charge in [-0.05, 0) is 92.7 Å². The number of aldehydes is 2. The maximum absolute atomic E-state index is 11.3. The quantitative estimate of drug-likeness (QED) is 0.692. The van der Waals surface area contributed by atoms with Crippen molar-refractivity contribution in [3.63, 3.8) is 0 Å². The van der Waals surface area contributed by atoms with Crippen LogP contribution in [0.1, 0.15) is 86.2 Å². The molecule has 28 heavy (non-hydrogen) atoms. The molecule has 2 heterocycles. The van der Waals surface area contributed by atoms with E-state index in [-0.39, 0.29) is 0 Å². The average Bonchev–Trinajstić information content (AvgIpc) is 3.17. The number of aromatic nitrogens is 2. The number of aromatic amines is 2. The lowest BCUT2D eigenvalue weighted by Crippen LogP contribution is -2.17. The number of nitrogens with one attached hydrogen (secondary N) is 2. The normalized spacial score (nSPS) is 21.7. The highest BCUT2D eigenvalue weighted by molar-refractivity contribution is 5.80. The van der Waals surface area contributed by atoms with Gasteiger partial charge in [0.25, 0.3) is 0 Å². The Labute approximate surface area is 166 Å². The van der Waals surface area contributed by atoms with E-state index >= 15 is 0 Å². The smallest absolute Gasteiger partial charge is 0.166 e. The summed E-state index contributed by atoms with van der Waals surface area (Å²) in [4.78, 5) is 29.3. The topological polar surface area (TPSA) is 65.7 Å². The molecule has 0 radical (unpaired) electrons. The summed E-state index contributed by atoms with van der Waals surface area (Å²) in [6.45, 7) is 8.21. The largest absolute Gasteiger partial charge is 0.355 e. The Morgan fingerprint density at radius 1 is 0.857 bits per heavy atom. The van der Waals surface area contributed by atoms with Crippen LogP contribution < -0.4 is 0 Å². The van der Waals surface area contributed by atoms with E-state index in [1.807, 2.05) is 13.8 Å². The molecule has 0 aromatic carbocycles. The van der Waals surface area contributed by atoms with Crippen molar-refractivity contribution >= 4 is 18.1 Å². The zero-order valence-electron chi connectivity index (χ0n) is 17.1. The Kier molecular flexibility index (Phi) is 4.74. The zero-order chi connectivity index (χ0) is 20.0. The average molecular weight is 377 g/mol. The molecule has 2 aromatic heterocycles. The Morgan fingerprint density at radius 3 is 2.18 bits per heavy atom. The van der Waals surface area contributed by atoms with Crippen molar-refractivity contribution in [2.24, 2.45) is 5.92 Å². The summed E-state index contributed by atoms with van der Waals surface area (Å²) < 4.78 is 0. The van der Waals surface area contributed by atoms with Gasteiger partial charge in [-0.2, -0.15) is 0 Å². The highest BCUT2D eigenvalue weighted by Crippen LogP contribution is 2.44. The van der Waals surface area contributed by atoms with Gasteiger partial charge in [0.05, 0.1) is 11.4 Å². The summed E-state index contributed by atoms with van der Waals surface area (Å²) in [5.74, 6) is 0.940. The predicted octanol–water partition coefficient (Wildman–Crippen LogP) is 5.50. The highest BCUT2D eigenvalue weighted by Gasteiger charge is 2.29. The molecule has 4 heteroatoms.